The summed E-state index contributed by atoms with van der Waals surface area (Å²) < 4.78 is 5.25. The molecule has 0 amide bonds. The van der Waals surface area contributed by atoms with Gasteiger partial charge in [-0.1, -0.05) is 26.0 Å². The van der Waals surface area contributed by atoms with E-state index in [1.165, 1.54) is 12.0 Å². The number of rotatable bonds is 6. The van der Waals surface area contributed by atoms with E-state index in [2.05, 4.69) is 44.3 Å². The molecule has 1 aromatic carbocycles. The zero-order chi connectivity index (χ0) is 12.0. The van der Waals surface area contributed by atoms with E-state index in [0.717, 1.165) is 12.3 Å². The summed E-state index contributed by atoms with van der Waals surface area (Å²) in [4.78, 5) is 0. The van der Waals surface area contributed by atoms with Crippen LogP contribution in [-0.2, 0) is 0 Å². The summed E-state index contributed by atoms with van der Waals surface area (Å²) in [6.45, 7) is 7.76. The van der Waals surface area contributed by atoms with Crippen LogP contribution in [0.2, 0.25) is 0 Å². The highest BCUT2D eigenvalue weighted by molar-refractivity contribution is 5.31. The highest BCUT2D eigenvalue weighted by atomic mass is 16.5. The van der Waals surface area contributed by atoms with E-state index in [4.69, 9.17) is 4.74 Å². The fourth-order valence-electron chi connectivity index (χ4n) is 1.76. The zero-order valence-corrected chi connectivity index (χ0v) is 10.8. The molecule has 0 aliphatic rings. The van der Waals surface area contributed by atoms with Crippen molar-refractivity contribution < 1.29 is 4.74 Å². The van der Waals surface area contributed by atoms with Crippen molar-refractivity contribution in [3.05, 3.63) is 29.8 Å². The minimum atomic E-state index is 0.493. The SMILES string of the molecule is CCCNC(C)C(C)c1cccc(OC)c1. The average molecular weight is 221 g/mol. The lowest BCUT2D eigenvalue weighted by Crippen LogP contribution is -2.31. The fraction of sp³-hybridized carbons (Fsp3) is 0.571. The topological polar surface area (TPSA) is 21.3 Å². The van der Waals surface area contributed by atoms with Crippen LogP contribution in [0, 0.1) is 0 Å². The van der Waals surface area contributed by atoms with Crippen LogP contribution in [0.15, 0.2) is 24.3 Å². The second kappa shape index (κ2) is 6.54. The van der Waals surface area contributed by atoms with Crippen molar-refractivity contribution >= 4 is 0 Å². The maximum Gasteiger partial charge on any atom is 0.119 e. The van der Waals surface area contributed by atoms with Crippen LogP contribution in [0.5, 0.6) is 5.75 Å². The zero-order valence-electron chi connectivity index (χ0n) is 10.8. The van der Waals surface area contributed by atoms with Crippen molar-refractivity contribution in [2.24, 2.45) is 0 Å². The monoisotopic (exact) mass is 221 g/mol. The Balaban J connectivity index is 2.67. The molecule has 16 heavy (non-hydrogen) atoms. The van der Waals surface area contributed by atoms with Gasteiger partial charge < -0.3 is 10.1 Å². The van der Waals surface area contributed by atoms with Gasteiger partial charge in [0.25, 0.3) is 0 Å². The van der Waals surface area contributed by atoms with Gasteiger partial charge in [0.05, 0.1) is 7.11 Å². The first-order valence-electron chi connectivity index (χ1n) is 6.06. The van der Waals surface area contributed by atoms with Crippen LogP contribution < -0.4 is 10.1 Å². The summed E-state index contributed by atoms with van der Waals surface area (Å²) in [5.74, 6) is 1.44. The van der Waals surface area contributed by atoms with Gasteiger partial charge >= 0.3 is 0 Å². The lowest BCUT2D eigenvalue weighted by Gasteiger charge is -2.22. The Morgan fingerprint density at radius 2 is 2.06 bits per heavy atom. The first-order valence-corrected chi connectivity index (χ1v) is 6.06. The van der Waals surface area contributed by atoms with Crippen molar-refractivity contribution in [3.63, 3.8) is 0 Å². The van der Waals surface area contributed by atoms with Crippen molar-refractivity contribution in [1.82, 2.24) is 5.32 Å². The van der Waals surface area contributed by atoms with Crippen LogP contribution in [0.4, 0.5) is 0 Å². The Labute approximate surface area is 99.0 Å². The first-order chi connectivity index (χ1) is 7.69. The van der Waals surface area contributed by atoms with Gasteiger partial charge in [0.15, 0.2) is 0 Å². The molecule has 0 saturated heterocycles. The predicted molar refractivity (Wildman–Crippen MR) is 69.2 cm³/mol. The molecule has 0 aliphatic heterocycles. The number of ether oxygens (including phenoxy) is 1. The highest BCUT2D eigenvalue weighted by Gasteiger charge is 2.13. The van der Waals surface area contributed by atoms with E-state index in [1.807, 2.05) is 6.07 Å². The van der Waals surface area contributed by atoms with E-state index in [9.17, 15) is 0 Å². The molecule has 0 heterocycles. The molecule has 0 spiro atoms. The number of hydrogen-bond donors (Lipinski definition) is 1. The van der Waals surface area contributed by atoms with Gasteiger partial charge in [-0.15, -0.1) is 0 Å². The maximum absolute atomic E-state index is 5.25. The van der Waals surface area contributed by atoms with Crippen LogP contribution in [0.3, 0.4) is 0 Å². The quantitative estimate of drug-likeness (QED) is 0.796. The molecular formula is C14H23NO. The molecular weight excluding hydrogens is 198 g/mol. The third kappa shape index (κ3) is 3.53. The second-order valence-corrected chi connectivity index (χ2v) is 4.31. The normalized spacial score (nSPS) is 14.5. The van der Waals surface area contributed by atoms with E-state index in [-0.39, 0.29) is 0 Å². The third-order valence-electron chi connectivity index (χ3n) is 3.09. The van der Waals surface area contributed by atoms with Crippen LogP contribution in [0.25, 0.3) is 0 Å². The van der Waals surface area contributed by atoms with Gasteiger partial charge in [-0.25, -0.2) is 0 Å². The van der Waals surface area contributed by atoms with Crippen molar-refractivity contribution in [2.45, 2.75) is 39.2 Å². The number of methoxy groups -OCH3 is 1. The van der Waals surface area contributed by atoms with E-state index in [0.29, 0.717) is 12.0 Å². The van der Waals surface area contributed by atoms with E-state index < -0.39 is 0 Å². The number of nitrogens with one attached hydrogen (secondary N) is 1. The Morgan fingerprint density at radius 3 is 2.69 bits per heavy atom. The van der Waals surface area contributed by atoms with E-state index in [1.54, 1.807) is 7.11 Å². The molecule has 0 aliphatic carbocycles. The van der Waals surface area contributed by atoms with Crippen LogP contribution in [-0.4, -0.2) is 19.7 Å². The molecule has 1 N–H and O–H groups in total. The van der Waals surface area contributed by atoms with Gasteiger partial charge in [0, 0.05) is 6.04 Å². The van der Waals surface area contributed by atoms with Gasteiger partial charge in [-0.3, -0.25) is 0 Å². The van der Waals surface area contributed by atoms with Crippen molar-refractivity contribution in [1.29, 1.82) is 0 Å². The summed E-state index contributed by atoms with van der Waals surface area (Å²) in [6.07, 6.45) is 1.18. The molecule has 90 valence electrons. The summed E-state index contributed by atoms with van der Waals surface area (Å²) in [5.41, 5.74) is 1.33. The third-order valence-corrected chi connectivity index (χ3v) is 3.09. The molecule has 0 saturated carbocycles. The van der Waals surface area contributed by atoms with Gasteiger partial charge in [0.1, 0.15) is 5.75 Å². The summed E-state index contributed by atoms with van der Waals surface area (Å²) in [5, 5.41) is 3.53. The summed E-state index contributed by atoms with van der Waals surface area (Å²) in [6, 6.07) is 8.82. The maximum atomic E-state index is 5.25. The fourth-order valence-corrected chi connectivity index (χ4v) is 1.76. The predicted octanol–water partition coefficient (Wildman–Crippen LogP) is 3.19. The second-order valence-electron chi connectivity index (χ2n) is 4.31. The molecule has 2 unspecified atom stereocenters. The standard InChI is InChI=1S/C14H23NO/c1-5-9-15-12(3)11(2)13-7-6-8-14(10-13)16-4/h6-8,10-12,15H,5,9H2,1-4H3. The molecule has 1 rings (SSSR count). The molecule has 0 radical (unpaired) electrons. The summed E-state index contributed by atoms with van der Waals surface area (Å²) in [7, 11) is 1.71. The van der Waals surface area contributed by atoms with Crippen molar-refractivity contribution in [3.8, 4) is 5.75 Å². The molecule has 2 nitrogen and oxygen atoms in total. The van der Waals surface area contributed by atoms with E-state index >= 15 is 0 Å². The molecule has 2 heteroatoms. The van der Waals surface area contributed by atoms with Gasteiger partial charge in [-0.2, -0.15) is 0 Å². The Kier molecular flexibility index (Phi) is 5.33. The molecule has 1 aromatic rings. The molecule has 0 fully saturated rings. The Bertz CT molecular complexity index is 311. The highest BCUT2D eigenvalue weighted by Crippen LogP contribution is 2.23. The van der Waals surface area contributed by atoms with Gasteiger partial charge in [0.2, 0.25) is 0 Å². The number of hydrogen-bond acceptors (Lipinski definition) is 2. The lowest BCUT2D eigenvalue weighted by atomic mass is 9.94. The molecule has 0 aromatic heterocycles. The van der Waals surface area contributed by atoms with Crippen molar-refractivity contribution in [2.75, 3.05) is 13.7 Å². The van der Waals surface area contributed by atoms with Crippen LogP contribution in [0.1, 0.15) is 38.7 Å². The lowest BCUT2D eigenvalue weighted by molar-refractivity contribution is 0.412. The Hall–Kier alpha value is -1.02. The van der Waals surface area contributed by atoms with Gasteiger partial charge in [-0.05, 0) is 43.5 Å². The number of benzene rings is 1. The smallest absolute Gasteiger partial charge is 0.119 e. The minimum Gasteiger partial charge on any atom is -0.497 e. The molecule has 2 atom stereocenters. The minimum absolute atomic E-state index is 0.493. The molecule has 0 bridgehead atoms. The first kappa shape index (κ1) is 13.0. The largest absolute Gasteiger partial charge is 0.497 e. The van der Waals surface area contributed by atoms with Crippen LogP contribution >= 0.6 is 0 Å². The average Bonchev–Trinajstić information content (AvgIpc) is 2.35. The summed E-state index contributed by atoms with van der Waals surface area (Å²) >= 11 is 0. The Morgan fingerprint density at radius 1 is 1.31 bits per heavy atom.